The van der Waals surface area contributed by atoms with Crippen LogP contribution in [0.5, 0.6) is 0 Å². The molecule has 2 aliphatic rings. The SMILES string of the molecule is CC(O)(O)C1CCC(CCC2CCC(=O)CC2)CC1. The highest BCUT2D eigenvalue weighted by Gasteiger charge is 2.33. The first-order valence-corrected chi connectivity index (χ1v) is 7.91. The fourth-order valence-corrected chi connectivity index (χ4v) is 3.76. The highest BCUT2D eigenvalue weighted by Crippen LogP contribution is 2.37. The lowest BCUT2D eigenvalue weighted by molar-refractivity contribution is -0.193. The van der Waals surface area contributed by atoms with Crippen LogP contribution in [0, 0.1) is 17.8 Å². The minimum absolute atomic E-state index is 0.0519. The molecule has 2 saturated carbocycles. The Morgan fingerprint density at radius 1 is 0.947 bits per heavy atom. The van der Waals surface area contributed by atoms with Gasteiger partial charge in [-0.2, -0.15) is 0 Å². The van der Waals surface area contributed by atoms with Gasteiger partial charge in [0, 0.05) is 18.8 Å². The Hall–Kier alpha value is -0.410. The summed E-state index contributed by atoms with van der Waals surface area (Å²) in [7, 11) is 0. The van der Waals surface area contributed by atoms with Gasteiger partial charge >= 0.3 is 0 Å². The summed E-state index contributed by atoms with van der Waals surface area (Å²) in [6, 6.07) is 0. The number of carbonyl (C=O) groups excluding carboxylic acids is 1. The van der Waals surface area contributed by atoms with Crippen molar-refractivity contribution in [1.82, 2.24) is 0 Å². The van der Waals surface area contributed by atoms with Crippen LogP contribution in [0.1, 0.15) is 71.1 Å². The molecule has 0 bridgehead atoms. The molecule has 3 heteroatoms. The first-order chi connectivity index (χ1) is 8.95. The molecule has 110 valence electrons. The van der Waals surface area contributed by atoms with E-state index in [0.717, 1.165) is 63.2 Å². The zero-order chi connectivity index (χ0) is 13.9. The molecule has 0 aliphatic heterocycles. The summed E-state index contributed by atoms with van der Waals surface area (Å²) >= 11 is 0. The number of ketones is 1. The number of Topliss-reactive ketones (excluding diaryl/α,β-unsaturated/α-hetero) is 1. The van der Waals surface area contributed by atoms with Gasteiger partial charge in [0.2, 0.25) is 0 Å². The van der Waals surface area contributed by atoms with E-state index >= 15 is 0 Å². The Kier molecular flexibility index (Phi) is 5.02. The van der Waals surface area contributed by atoms with Crippen molar-refractivity contribution in [2.75, 3.05) is 0 Å². The van der Waals surface area contributed by atoms with Gasteiger partial charge in [0.1, 0.15) is 5.78 Å². The Morgan fingerprint density at radius 2 is 1.42 bits per heavy atom. The van der Waals surface area contributed by atoms with Gasteiger partial charge in [-0.1, -0.05) is 12.8 Å². The van der Waals surface area contributed by atoms with Gasteiger partial charge in [0.05, 0.1) is 0 Å². The number of hydrogen-bond donors (Lipinski definition) is 2. The largest absolute Gasteiger partial charge is 0.366 e. The predicted molar refractivity (Wildman–Crippen MR) is 74.5 cm³/mol. The second kappa shape index (κ2) is 6.36. The summed E-state index contributed by atoms with van der Waals surface area (Å²) in [4.78, 5) is 11.2. The normalized spacial score (nSPS) is 30.6. The Morgan fingerprint density at radius 3 is 1.89 bits per heavy atom. The van der Waals surface area contributed by atoms with Crippen LogP contribution in [0.2, 0.25) is 0 Å². The predicted octanol–water partition coefficient (Wildman–Crippen LogP) is 3.03. The molecule has 0 unspecified atom stereocenters. The molecule has 0 heterocycles. The van der Waals surface area contributed by atoms with E-state index in [0.29, 0.717) is 5.78 Å². The number of rotatable bonds is 4. The quantitative estimate of drug-likeness (QED) is 0.771. The van der Waals surface area contributed by atoms with Gasteiger partial charge in [-0.25, -0.2) is 0 Å². The molecular weight excluding hydrogens is 240 g/mol. The molecule has 2 rings (SSSR count). The molecule has 19 heavy (non-hydrogen) atoms. The monoisotopic (exact) mass is 268 g/mol. The summed E-state index contributed by atoms with van der Waals surface area (Å²) < 4.78 is 0. The van der Waals surface area contributed by atoms with E-state index < -0.39 is 5.79 Å². The van der Waals surface area contributed by atoms with Gasteiger partial charge in [-0.05, 0) is 57.3 Å². The molecule has 0 saturated heterocycles. The lowest BCUT2D eigenvalue weighted by Gasteiger charge is -2.35. The molecule has 0 aromatic rings. The summed E-state index contributed by atoms with van der Waals surface area (Å²) in [6.07, 6.45) is 10.5. The van der Waals surface area contributed by atoms with Crippen LogP contribution >= 0.6 is 0 Å². The van der Waals surface area contributed by atoms with Crippen molar-refractivity contribution >= 4 is 5.78 Å². The van der Waals surface area contributed by atoms with Crippen molar-refractivity contribution < 1.29 is 15.0 Å². The second-order valence-electron chi connectivity index (χ2n) is 6.87. The highest BCUT2D eigenvalue weighted by atomic mass is 16.5. The molecule has 0 amide bonds. The molecule has 0 radical (unpaired) electrons. The number of aliphatic hydroxyl groups is 2. The van der Waals surface area contributed by atoms with Crippen LogP contribution in [0.15, 0.2) is 0 Å². The second-order valence-corrected chi connectivity index (χ2v) is 6.87. The lowest BCUT2D eigenvalue weighted by atomic mass is 9.75. The average molecular weight is 268 g/mol. The zero-order valence-electron chi connectivity index (χ0n) is 12.1. The van der Waals surface area contributed by atoms with Crippen LogP contribution in [0.25, 0.3) is 0 Å². The van der Waals surface area contributed by atoms with E-state index in [-0.39, 0.29) is 5.92 Å². The molecule has 2 fully saturated rings. The van der Waals surface area contributed by atoms with Crippen molar-refractivity contribution in [2.24, 2.45) is 17.8 Å². The van der Waals surface area contributed by atoms with E-state index in [1.807, 2.05) is 0 Å². The smallest absolute Gasteiger partial charge is 0.162 e. The van der Waals surface area contributed by atoms with Crippen LogP contribution in [-0.2, 0) is 4.79 Å². The van der Waals surface area contributed by atoms with Gasteiger partial charge in [-0.3, -0.25) is 4.79 Å². The van der Waals surface area contributed by atoms with Crippen LogP contribution < -0.4 is 0 Å². The number of carbonyl (C=O) groups is 1. The van der Waals surface area contributed by atoms with Gasteiger partial charge in [-0.15, -0.1) is 0 Å². The molecule has 3 nitrogen and oxygen atoms in total. The highest BCUT2D eigenvalue weighted by molar-refractivity contribution is 5.78. The summed E-state index contributed by atoms with van der Waals surface area (Å²) in [5.74, 6) is 0.528. The zero-order valence-corrected chi connectivity index (χ0v) is 12.1. The third-order valence-electron chi connectivity index (χ3n) is 5.27. The van der Waals surface area contributed by atoms with Crippen LogP contribution in [-0.4, -0.2) is 21.8 Å². The summed E-state index contributed by atoms with van der Waals surface area (Å²) in [6.45, 7) is 1.51. The van der Waals surface area contributed by atoms with E-state index in [1.165, 1.54) is 19.8 Å². The Balaban J connectivity index is 1.65. The topological polar surface area (TPSA) is 57.5 Å². The van der Waals surface area contributed by atoms with E-state index in [2.05, 4.69) is 0 Å². The van der Waals surface area contributed by atoms with E-state index in [9.17, 15) is 15.0 Å². The van der Waals surface area contributed by atoms with Crippen LogP contribution in [0.3, 0.4) is 0 Å². The Labute approximate surface area is 116 Å². The fraction of sp³-hybridized carbons (Fsp3) is 0.938. The van der Waals surface area contributed by atoms with E-state index in [1.54, 1.807) is 0 Å². The van der Waals surface area contributed by atoms with Crippen LogP contribution in [0.4, 0.5) is 0 Å². The van der Waals surface area contributed by atoms with Crippen molar-refractivity contribution in [2.45, 2.75) is 76.9 Å². The molecule has 2 N–H and O–H groups in total. The number of hydrogen-bond acceptors (Lipinski definition) is 3. The third-order valence-corrected chi connectivity index (χ3v) is 5.27. The van der Waals surface area contributed by atoms with Crippen molar-refractivity contribution in [3.8, 4) is 0 Å². The maximum atomic E-state index is 11.2. The summed E-state index contributed by atoms with van der Waals surface area (Å²) in [5, 5.41) is 19.2. The lowest BCUT2D eigenvalue weighted by Crippen LogP contribution is -2.36. The summed E-state index contributed by atoms with van der Waals surface area (Å²) in [5.41, 5.74) is 0. The molecule has 2 aliphatic carbocycles. The van der Waals surface area contributed by atoms with Gasteiger partial charge < -0.3 is 10.2 Å². The average Bonchev–Trinajstić information content (AvgIpc) is 2.37. The Bertz CT molecular complexity index is 288. The molecule has 0 atom stereocenters. The molecule has 0 aromatic carbocycles. The van der Waals surface area contributed by atoms with E-state index in [4.69, 9.17) is 0 Å². The maximum Gasteiger partial charge on any atom is 0.162 e. The van der Waals surface area contributed by atoms with Crippen molar-refractivity contribution in [3.05, 3.63) is 0 Å². The molecular formula is C16H28O3. The first kappa shape index (κ1) is 15.0. The molecule has 0 aromatic heterocycles. The third kappa shape index (κ3) is 4.57. The van der Waals surface area contributed by atoms with Gasteiger partial charge in [0.25, 0.3) is 0 Å². The van der Waals surface area contributed by atoms with Crippen molar-refractivity contribution in [1.29, 1.82) is 0 Å². The minimum atomic E-state index is -1.49. The minimum Gasteiger partial charge on any atom is -0.366 e. The molecule has 0 spiro atoms. The van der Waals surface area contributed by atoms with Crippen molar-refractivity contribution in [3.63, 3.8) is 0 Å². The van der Waals surface area contributed by atoms with Gasteiger partial charge in [0.15, 0.2) is 5.79 Å². The fourth-order valence-electron chi connectivity index (χ4n) is 3.76. The first-order valence-electron chi connectivity index (χ1n) is 7.91. The standard InChI is InChI=1S/C16H28O3/c1-16(18,19)14-8-4-12(5-9-14)2-3-13-6-10-15(17)11-7-13/h12-14,18-19H,2-11H2,1H3. The maximum absolute atomic E-state index is 11.2.